The van der Waals surface area contributed by atoms with Crippen LogP contribution in [0, 0.1) is 0 Å². The largest absolute Gasteiger partial charge is 0.314 e. The van der Waals surface area contributed by atoms with Crippen molar-refractivity contribution in [1.29, 1.82) is 0 Å². The van der Waals surface area contributed by atoms with Gasteiger partial charge in [0.25, 0.3) is 10.2 Å². The van der Waals surface area contributed by atoms with Gasteiger partial charge in [-0.3, -0.25) is 0 Å². The third-order valence-electron chi connectivity index (χ3n) is 2.55. The Balaban J connectivity index is 2.76. The van der Waals surface area contributed by atoms with Crippen LogP contribution >= 0.6 is 0 Å². The average Bonchev–Trinajstić information content (AvgIpc) is 2.13. The van der Waals surface area contributed by atoms with E-state index in [0.29, 0.717) is 19.6 Å². The quantitative estimate of drug-likeness (QED) is 0.716. The molecule has 1 heterocycles. The molecule has 0 aromatic heterocycles. The molecule has 0 amide bonds. The Labute approximate surface area is 92.4 Å². The Morgan fingerprint density at radius 1 is 1.47 bits per heavy atom. The predicted molar refractivity (Wildman–Crippen MR) is 60.9 cm³/mol. The normalized spacial score (nSPS) is 22.9. The zero-order valence-corrected chi connectivity index (χ0v) is 10.5. The van der Waals surface area contributed by atoms with E-state index in [9.17, 15) is 8.42 Å². The lowest BCUT2D eigenvalue weighted by molar-refractivity contribution is 0.183. The van der Waals surface area contributed by atoms with Crippen molar-refractivity contribution in [1.82, 2.24) is 14.3 Å². The monoisotopic (exact) mass is 235 g/mol. The van der Waals surface area contributed by atoms with Crippen LogP contribution in [0.3, 0.4) is 0 Å². The van der Waals surface area contributed by atoms with Gasteiger partial charge in [0, 0.05) is 31.7 Å². The van der Waals surface area contributed by atoms with Crippen molar-refractivity contribution in [3.63, 3.8) is 0 Å². The minimum Gasteiger partial charge on any atom is -0.314 e. The Morgan fingerprint density at radius 3 is 2.67 bits per heavy atom. The van der Waals surface area contributed by atoms with Crippen molar-refractivity contribution in [2.45, 2.75) is 32.7 Å². The number of hydrogen-bond donors (Lipinski definition) is 2. The van der Waals surface area contributed by atoms with E-state index >= 15 is 0 Å². The second-order valence-electron chi connectivity index (χ2n) is 4.46. The van der Waals surface area contributed by atoms with Crippen LogP contribution in [0.4, 0.5) is 0 Å². The molecule has 15 heavy (non-hydrogen) atoms. The van der Waals surface area contributed by atoms with E-state index in [1.165, 1.54) is 0 Å². The molecule has 90 valence electrons. The Morgan fingerprint density at radius 2 is 2.13 bits per heavy atom. The summed E-state index contributed by atoms with van der Waals surface area (Å²) in [5.74, 6) is 0. The van der Waals surface area contributed by atoms with Crippen molar-refractivity contribution in [3.8, 4) is 0 Å². The zero-order valence-electron chi connectivity index (χ0n) is 9.71. The third-order valence-corrected chi connectivity index (χ3v) is 4.38. The number of nitrogens with zero attached hydrogens (tertiary/aromatic N) is 1. The second kappa shape index (κ2) is 4.78. The molecular formula is C9H21N3O2S. The molecule has 0 saturated carbocycles. The molecule has 1 saturated heterocycles. The highest BCUT2D eigenvalue weighted by atomic mass is 32.2. The van der Waals surface area contributed by atoms with E-state index in [1.807, 2.05) is 20.8 Å². The second-order valence-corrected chi connectivity index (χ2v) is 6.14. The fourth-order valence-electron chi connectivity index (χ4n) is 1.72. The number of nitrogens with one attached hydrogen (secondary N) is 2. The number of rotatable bonds is 4. The van der Waals surface area contributed by atoms with E-state index in [0.717, 1.165) is 13.0 Å². The minimum absolute atomic E-state index is 0.349. The molecule has 0 unspecified atom stereocenters. The molecule has 0 aromatic rings. The van der Waals surface area contributed by atoms with Gasteiger partial charge in [0.05, 0.1) is 0 Å². The molecule has 1 fully saturated rings. The van der Waals surface area contributed by atoms with Crippen molar-refractivity contribution >= 4 is 10.2 Å². The smallest absolute Gasteiger partial charge is 0.280 e. The maximum atomic E-state index is 11.9. The summed E-state index contributed by atoms with van der Waals surface area (Å²) in [6.45, 7) is 8.27. The molecule has 1 aliphatic rings. The van der Waals surface area contributed by atoms with Gasteiger partial charge < -0.3 is 5.32 Å². The lowest BCUT2D eigenvalue weighted by atomic mass is 10.0. The van der Waals surface area contributed by atoms with E-state index in [-0.39, 0.29) is 5.54 Å². The molecule has 2 N–H and O–H groups in total. The SMILES string of the molecule is CCCNS(=O)(=O)N1CCNCC1(C)C. The van der Waals surface area contributed by atoms with Crippen molar-refractivity contribution in [2.24, 2.45) is 0 Å². The van der Waals surface area contributed by atoms with Crippen molar-refractivity contribution in [3.05, 3.63) is 0 Å². The molecule has 0 spiro atoms. The van der Waals surface area contributed by atoms with Crippen molar-refractivity contribution in [2.75, 3.05) is 26.2 Å². The molecule has 1 rings (SSSR count). The molecule has 5 nitrogen and oxygen atoms in total. The number of hydrogen-bond acceptors (Lipinski definition) is 3. The molecule has 0 bridgehead atoms. The first-order valence-corrected chi connectivity index (χ1v) is 6.82. The summed E-state index contributed by atoms with van der Waals surface area (Å²) >= 11 is 0. The fourth-order valence-corrected chi connectivity index (χ4v) is 3.38. The van der Waals surface area contributed by atoms with Gasteiger partial charge in [-0.05, 0) is 20.3 Å². The highest BCUT2D eigenvalue weighted by molar-refractivity contribution is 7.87. The van der Waals surface area contributed by atoms with Crippen LogP contribution in [-0.4, -0.2) is 44.4 Å². The first-order chi connectivity index (χ1) is 6.90. The summed E-state index contributed by atoms with van der Waals surface area (Å²) in [7, 11) is -3.31. The first kappa shape index (κ1) is 12.9. The van der Waals surface area contributed by atoms with Crippen molar-refractivity contribution < 1.29 is 8.42 Å². The first-order valence-electron chi connectivity index (χ1n) is 5.38. The Kier molecular flexibility index (Phi) is 4.11. The van der Waals surface area contributed by atoms with Crippen LogP contribution in [0.5, 0.6) is 0 Å². The molecular weight excluding hydrogens is 214 g/mol. The topological polar surface area (TPSA) is 61.4 Å². The summed E-state index contributed by atoms with van der Waals surface area (Å²) < 4.78 is 28.0. The summed E-state index contributed by atoms with van der Waals surface area (Å²) in [6, 6.07) is 0. The molecule has 0 aliphatic carbocycles. The maximum Gasteiger partial charge on any atom is 0.280 e. The van der Waals surface area contributed by atoms with Gasteiger partial charge in [-0.2, -0.15) is 12.7 Å². The van der Waals surface area contributed by atoms with Gasteiger partial charge in [-0.15, -0.1) is 0 Å². The summed E-state index contributed by atoms with van der Waals surface area (Å²) in [5.41, 5.74) is -0.349. The maximum absolute atomic E-state index is 11.9. The third kappa shape index (κ3) is 3.14. The van der Waals surface area contributed by atoms with Crippen LogP contribution in [0.1, 0.15) is 27.2 Å². The molecule has 0 atom stereocenters. The predicted octanol–water partition coefficient (Wildman–Crippen LogP) is -0.0854. The van der Waals surface area contributed by atoms with E-state index in [2.05, 4.69) is 10.0 Å². The lowest BCUT2D eigenvalue weighted by Gasteiger charge is -2.41. The molecule has 6 heteroatoms. The van der Waals surface area contributed by atoms with Gasteiger partial charge in [0.1, 0.15) is 0 Å². The van der Waals surface area contributed by atoms with Gasteiger partial charge >= 0.3 is 0 Å². The molecule has 0 aromatic carbocycles. The highest BCUT2D eigenvalue weighted by Gasteiger charge is 2.37. The van der Waals surface area contributed by atoms with Crippen LogP contribution in [0.2, 0.25) is 0 Å². The Bertz CT molecular complexity index is 300. The van der Waals surface area contributed by atoms with Gasteiger partial charge in [-0.1, -0.05) is 6.92 Å². The Hall–Kier alpha value is -0.170. The zero-order chi connectivity index (χ0) is 11.5. The van der Waals surface area contributed by atoms with E-state index < -0.39 is 10.2 Å². The highest BCUT2D eigenvalue weighted by Crippen LogP contribution is 2.19. The summed E-state index contributed by atoms with van der Waals surface area (Å²) in [4.78, 5) is 0. The molecule has 1 aliphatic heterocycles. The minimum atomic E-state index is -3.31. The number of piperazine rings is 1. The van der Waals surface area contributed by atoms with E-state index in [1.54, 1.807) is 4.31 Å². The van der Waals surface area contributed by atoms with Crippen LogP contribution in [-0.2, 0) is 10.2 Å². The average molecular weight is 235 g/mol. The lowest BCUT2D eigenvalue weighted by Crippen LogP contribution is -2.62. The van der Waals surface area contributed by atoms with Gasteiger partial charge in [0.15, 0.2) is 0 Å². The summed E-state index contributed by atoms with van der Waals surface area (Å²) in [6.07, 6.45) is 0.811. The van der Waals surface area contributed by atoms with Crippen LogP contribution in [0.15, 0.2) is 0 Å². The van der Waals surface area contributed by atoms with Gasteiger partial charge in [-0.25, -0.2) is 4.72 Å². The van der Waals surface area contributed by atoms with Crippen LogP contribution in [0.25, 0.3) is 0 Å². The fraction of sp³-hybridized carbons (Fsp3) is 1.00. The molecule has 0 radical (unpaired) electrons. The van der Waals surface area contributed by atoms with Crippen LogP contribution < -0.4 is 10.0 Å². The van der Waals surface area contributed by atoms with E-state index in [4.69, 9.17) is 0 Å². The standard InChI is InChI=1S/C9H21N3O2S/c1-4-5-11-15(13,14)12-7-6-10-8-9(12,2)3/h10-11H,4-8H2,1-3H3. The summed E-state index contributed by atoms with van der Waals surface area (Å²) in [5, 5.41) is 3.20. The van der Waals surface area contributed by atoms with Gasteiger partial charge in [0.2, 0.25) is 0 Å².